The van der Waals surface area contributed by atoms with Gasteiger partial charge in [0.25, 0.3) is 0 Å². The Labute approximate surface area is 148 Å². The predicted molar refractivity (Wildman–Crippen MR) is 108 cm³/mol. The maximum Gasteiger partial charge on any atom is 0.0464 e. The van der Waals surface area contributed by atoms with Crippen LogP contribution in [0, 0.1) is 0 Å². The Morgan fingerprint density at radius 2 is 1.21 bits per heavy atom. The third-order valence-electron chi connectivity index (χ3n) is 4.66. The van der Waals surface area contributed by atoms with E-state index in [2.05, 4.69) is 94.0 Å². The van der Waals surface area contributed by atoms with Crippen LogP contribution in [0.25, 0.3) is 32.3 Å². The van der Waals surface area contributed by atoms with Crippen molar-refractivity contribution in [2.45, 2.75) is 0 Å². The third kappa shape index (κ3) is 2.00. The molecule has 0 bridgehead atoms. The number of para-hydroxylation sites is 1. The minimum atomic E-state index is 1.11. The van der Waals surface area contributed by atoms with E-state index in [1.165, 1.54) is 32.3 Å². The van der Waals surface area contributed by atoms with Crippen molar-refractivity contribution >= 4 is 59.6 Å². The molecule has 1 N–H and O–H groups in total. The highest BCUT2D eigenvalue weighted by Crippen LogP contribution is 2.40. The van der Waals surface area contributed by atoms with Crippen LogP contribution in [-0.2, 0) is 0 Å². The van der Waals surface area contributed by atoms with Crippen molar-refractivity contribution in [2.75, 3.05) is 5.32 Å². The van der Waals surface area contributed by atoms with Crippen LogP contribution in [0.15, 0.2) is 83.3 Å². The fourth-order valence-corrected chi connectivity index (χ4v) is 4.01. The summed E-state index contributed by atoms with van der Waals surface area (Å²) >= 11 is 3.70. The van der Waals surface area contributed by atoms with E-state index in [4.69, 9.17) is 0 Å². The first-order chi connectivity index (χ1) is 11.8. The van der Waals surface area contributed by atoms with Crippen molar-refractivity contribution in [1.29, 1.82) is 0 Å². The second-order valence-electron chi connectivity index (χ2n) is 6.07. The Kier molecular flexibility index (Phi) is 3.00. The molecule has 0 amide bonds. The Bertz CT molecular complexity index is 1180. The molecule has 2 heteroatoms. The molecular formula is C22H14BrN. The molecule has 0 aliphatic carbocycles. The molecule has 1 nitrogen and oxygen atoms in total. The molecule has 0 radical (unpaired) electrons. The van der Waals surface area contributed by atoms with E-state index in [-0.39, 0.29) is 0 Å². The molecule has 0 unspecified atom stereocenters. The van der Waals surface area contributed by atoms with Gasteiger partial charge in [-0.05, 0) is 51.2 Å². The van der Waals surface area contributed by atoms with Gasteiger partial charge < -0.3 is 5.32 Å². The Morgan fingerprint density at radius 1 is 0.583 bits per heavy atom. The van der Waals surface area contributed by atoms with E-state index in [9.17, 15) is 0 Å². The van der Waals surface area contributed by atoms with Crippen molar-refractivity contribution in [3.05, 3.63) is 83.3 Å². The van der Waals surface area contributed by atoms with Crippen LogP contribution < -0.4 is 5.32 Å². The van der Waals surface area contributed by atoms with Gasteiger partial charge in [-0.1, -0.05) is 70.5 Å². The monoisotopic (exact) mass is 371 g/mol. The second-order valence-corrected chi connectivity index (χ2v) is 6.93. The van der Waals surface area contributed by atoms with E-state index >= 15 is 0 Å². The van der Waals surface area contributed by atoms with Gasteiger partial charge in [-0.25, -0.2) is 0 Å². The fraction of sp³-hybridized carbons (Fsp3) is 0. The lowest BCUT2D eigenvalue weighted by molar-refractivity contribution is 1.58. The van der Waals surface area contributed by atoms with Gasteiger partial charge in [-0.3, -0.25) is 0 Å². The first-order valence-electron chi connectivity index (χ1n) is 7.99. The number of hydrogen-bond acceptors (Lipinski definition) is 1. The predicted octanol–water partition coefficient (Wildman–Crippen LogP) is 7.09. The van der Waals surface area contributed by atoms with E-state index in [0.717, 1.165) is 15.8 Å². The summed E-state index contributed by atoms with van der Waals surface area (Å²) in [6.07, 6.45) is 0. The fourth-order valence-electron chi connectivity index (χ4n) is 3.55. The number of hydrogen-bond donors (Lipinski definition) is 1. The molecule has 0 fully saturated rings. The van der Waals surface area contributed by atoms with E-state index in [1.807, 2.05) is 6.07 Å². The molecule has 0 heterocycles. The summed E-state index contributed by atoms with van der Waals surface area (Å²) in [5.74, 6) is 0. The van der Waals surface area contributed by atoms with Crippen molar-refractivity contribution in [2.24, 2.45) is 0 Å². The molecule has 0 atom stereocenters. The Balaban J connectivity index is 1.85. The summed E-state index contributed by atoms with van der Waals surface area (Å²) in [5, 5.41) is 11.3. The highest BCUT2D eigenvalue weighted by Gasteiger charge is 2.12. The smallest absolute Gasteiger partial charge is 0.0464 e. The zero-order valence-electron chi connectivity index (χ0n) is 12.9. The van der Waals surface area contributed by atoms with Crippen LogP contribution in [0.1, 0.15) is 0 Å². The summed E-state index contributed by atoms with van der Waals surface area (Å²) in [6.45, 7) is 0. The molecule has 0 aliphatic rings. The normalized spacial score (nSPS) is 11.5. The standard InChI is InChI=1S/C22H14BrN/c23-19-12-8-14-7-11-18-20(24-16-4-2-1-3-5-16)13-9-15-6-10-17(19)21(14)22(15)18/h1-13,24H. The number of halogens is 1. The van der Waals surface area contributed by atoms with Crippen LogP contribution >= 0.6 is 15.9 Å². The van der Waals surface area contributed by atoms with Crippen LogP contribution in [-0.4, -0.2) is 0 Å². The minimum Gasteiger partial charge on any atom is -0.355 e. The molecule has 5 aromatic carbocycles. The maximum absolute atomic E-state index is 3.70. The lowest BCUT2D eigenvalue weighted by Gasteiger charge is -2.15. The van der Waals surface area contributed by atoms with Crippen molar-refractivity contribution in [3.63, 3.8) is 0 Å². The highest BCUT2D eigenvalue weighted by molar-refractivity contribution is 9.10. The minimum absolute atomic E-state index is 1.11. The SMILES string of the molecule is Brc1ccc2ccc3c(Nc4ccccc4)ccc4ccc1c2c43. The van der Waals surface area contributed by atoms with Gasteiger partial charge in [-0.15, -0.1) is 0 Å². The van der Waals surface area contributed by atoms with Crippen molar-refractivity contribution in [3.8, 4) is 0 Å². The quantitative estimate of drug-likeness (QED) is 0.326. The lowest BCUT2D eigenvalue weighted by atomic mass is 9.93. The summed E-state index contributed by atoms with van der Waals surface area (Å²) in [5.41, 5.74) is 2.25. The molecule has 0 saturated heterocycles. The molecule has 5 rings (SSSR count). The molecular weight excluding hydrogens is 358 g/mol. The lowest BCUT2D eigenvalue weighted by Crippen LogP contribution is -1.93. The molecule has 0 aliphatic heterocycles. The molecule has 0 spiro atoms. The van der Waals surface area contributed by atoms with Crippen LogP contribution in [0.5, 0.6) is 0 Å². The number of nitrogens with one attached hydrogen (secondary N) is 1. The van der Waals surface area contributed by atoms with Gasteiger partial charge in [0, 0.05) is 21.2 Å². The average molecular weight is 372 g/mol. The third-order valence-corrected chi connectivity index (χ3v) is 5.36. The average Bonchev–Trinajstić information content (AvgIpc) is 2.63. The summed E-state index contributed by atoms with van der Waals surface area (Å²) in [7, 11) is 0. The van der Waals surface area contributed by atoms with Gasteiger partial charge in [-0.2, -0.15) is 0 Å². The highest BCUT2D eigenvalue weighted by atomic mass is 79.9. The van der Waals surface area contributed by atoms with Gasteiger partial charge in [0.15, 0.2) is 0 Å². The first-order valence-corrected chi connectivity index (χ1v) is 8.79. The Hall–Kier alpha value is -2.58. The largest absolute Gasteiger partial charge is 0.355 e. The van der Waals surface area contributed by atoms with Crippen molar-refractivity contribution < 1.29 is 0 Å². The molecule has 114 valence electrons. The summed E-state index contributed by atoms with van der Waals surface area (Å²) in [4.78, 5) is 0. The number of benzene rings is 5. The van der Waals surface area contributed by atoms with Crippen LogP contribution in [0.4, 0.5) is 11.4 Å². The van der Waals surface area contributed by atoms with Crippen LogP contribution in [0.3, 0.4) is 0 Å². The van der Waals surface area contributed by atoms with Crippen LogP contribution in [0.2, 0.25) is 0 Å². The van der Waals surface area contributed by atoms with Gasteiger partial charge in [0.2, 0.25) is 0 Å². The summed E-state index contributed by atoms with van der Waals surface area (Å²) in [6, 6.07) is 27.9. The molecule has 5 aromatic rings. The van der Waals surface area contributed by atoms with Gasteiger partial charge in [0.05, 0.1) is 0 Å². The second kappa shape index (κ2) is 5.22. The van der Waals surface area contributed by atoms with Crippen molar-refractivity contribution in [1.82, 2.24) is 0 Å². The molecule has 24 heavy (non-hydrogen) atoms. The van der Waals surface area contributed by atoms with E-state index in [0.29, 0.717) is 0 Å². The first kappa shape index (κ1) is 13.8. The van der Waals surface area contributed by atoms with E-state index < -0.39 is 0 Å². The number of anilines is 2. The zero-order valence-corrected chi connectivity index (χ0v) is 14.5. The topological polar surface area (TPSA) is 12.0 Å². The van der Waals surface area contributed by atoms with E-state index in [1.54, 1.807) is 0 Å². The van der Waals surface area contributed by atoms with Gasteiger partial charge >= 0.3 is 0 Å². The van der Waals surface area contributed by atoms with Gasteiger partial charge in [0.1, 0.15) is 0 Å². The zero-order chi connectivity index (χ0) is 16.1. The number of rotatable bonds is 2. The molecule has 0 aromatic heterocycles. The maximum atomic E-state index is 3.70. The molecule has 0 saturated carbocycles. The Morgan fingerprint density at radius 3 is 2.00 bits per heavy atom. The summed E-state index contributed by atoms with van der Waals surface area (Å²) < 4.78 is 1.14.